The Balaban J connectivity index is 1.90. The van der Waals surface area contributed by atoms with Gasteiger partial charge in [-0.05, 0) is 51.0 Å². The van der Waals surface area contributed by atoms with Crippen molar-refractivity contribution in [1.29, 1.82) is 0 Å². The lowest BCUT2D eigenvalue weighted by molar-refractivity contribution is -0.143. The molecule has 0 spiro atoms. The zero-order chi connectivity index (χ0) is 22.2. The summed E-state index contributed by atoms with van der Waals surface area (Å²) in [7, 11) is 3.23. The summed E-state index contributed by atoms with van der Waals surface area (Å²) < 4.78 is 23.9. The van der Waals surface area contributed by atoms with Crippen LogP contribution in [0, 0.1) is 6.92 Å². The molecule has 0 radical (unpaired) electrons. The first kappa shape index (κ1) is 22.7. The molecule has 9 heteroatoms. The summed E-state index contributed by atoms with van der Waals surface area (Å²) in [4.78, 5) is 11.5. The van der Waals surface area contributed by atoms with Crippen LogP contribution in [0.25, 0.3) is 17.3 Å². The molecule has 31 heavy (non-hydrogen) atoms. The summed E-state index contributed by atoms with van der Waals surface area (Å²) in [5, 5.41) is 9.48. The first-order chi connectivity index (χ1) is 15.1. The Labute approximate surface area is 185 Å². The summed E-state index contributed by atoms with van der Waals surface area (Å²) in [6.45, 7) is 4.10. The van der Waals surface area contributed by atoms with Crippen LogP contribution >= 0.6 is 11.8 Å². The van der Waals surface area contributed by atoms with E-state index in [1.165, 1.54) is 0 Å². The van der Waals surface area contributed by atoms with Crippen molar-refractivity contribution in [2.24, 2.45) is 0 Å². The highest BCUT2D eigenvalue weighted by Gasteiger charge is 2.24. The average molecular weight is 446 g/mol. The van der Waals surface area contributed by atoms with Crippen molar-refractivity contribution in [2.45, 2.75) is 38.3 Å². The predicted molar refractivity (Wildman–Crippen MR) is 118 cm³/mol. The molecular weight excluding hydrogens is 418 g/mol. The number of ether oxygens (including phenoxy) is 3. The number of hydrogen-bond donors (Lipinski definition) is 0. The fourth-order valence-electron chi connectivity index (χ4n) is 3.10. The second-order valence-electron chi connectivity index (χ2n) is 6.67. The topological polar surface area (TPSA) is 88.6 Å². The Kier molecular flexibility index (Phi) is 8.00. The van der Waals surface area contributed by atoms with Gasteiger partial charge in [0.1, 0.15) is 22.9 Å². The van der Waals surface area contributed by atoms with Gasteiger partial charge < -0.3 is 18.6 Å². The first-order valence-electron chi connectivity index (χ1n) is 10.1. The van der Waals surface area contributed by atoms with Gasteiger partial charge in [0.2, 0.25) is 5.82 Å². The van der Waals surface area contributed by atoms with Crippen molar-refractivity contribution in [1.82, 2.24) is 14.8 Å². The van der Waals surface area contributed by atoms with E-state index in [9.17, 15) is 4.79 Å². The summed E-state index contributed by atoms with van der Waals surface area (Å²) in [6, 6.07) is 9.34. The second-order valence-corrected chi connectivity index (χ2v) is 7.74. The smallest absolute Gasteiger partial charge is 0.305 e. The van der Waals surface area contributed by atoms with Crippen LogP contribution in [0.4, 0.5) is 0 Å². The van der Waals surface area contributed by atoms with Crippen LogP contribution < -0.4 is 9.47 Å². The van der Waals surface area contributed by atoms with E-state index in [-0.39, 0.29) is 5.97 Å². The molecule has 0 aliphatic heterocycles. The zero-order valence-corrected chi connectivity index (χ0v) is 19.0. The number of unbranched alkanes of at least 4 members (excludes halogenated alkanes) is 1. The van der Waals surface area contributed by atoms with Crippen LogP contribution in [0.5, 0.6) is 11.5 Å². The minimum atomic E-state index is -0.162. The highest BCUT2D eigenvalue weighted by Crippen LogP contribution is 2.38. The number of rotatable bonds is 11. The summed E-state index contributed by atoms with van der Waals surface area (Å²) >= 11 is 1.55. The van der Waals surface area contributed by atoms with E-state index in [2.05, 4.69) is 10.2 Å². The van der Waals surface area contributed by atoms with E-state index in [4.69, 9.17) is 18.6 Å². The maximum atomic E-state index is 11.5. The third-order valence-corrected chi connectivity index (χ3v) is 5.55. The number of aromatic nitrogens is 3. The molecule has 0 fully saturated rings. The maximum absolute atomic E-state index is 11.5. The lowest BCUT2D eigenvalue weighted by Crippen LogP contribution is -2.05. The van der Waals surface area contributed by atoms with E-state index in [0.717, 1.165) is 24.4 Å². The molecule has 0 aliphatic rings. The van der Waals surface area contributed by atoms with Gasteiger partial charge in [-0.1, -0.05) is 17.8 Å². The fraction of sp³-hybridized carbons (Fsp3) is 0.409. The molecular formula is C22H27N3O5S. The molecule has 0 bridgehead atoms. The minimum Gasteiger partial charge on any atom is -0.494 e. The monoisotopic (exact) mass is 445 g/mol. The molecule has 166 valence electrons. The van der Waals surface area contributed by atoms with Crippen molar-refractivity contribution < 1.29 is 23.4 Å². The number of para-hydroxylation sites is 1. The van der Waals surface area contributed by atoms with Gasteiger partial charge in [-0.3, -0.25) is 9.36 Å². The largest absolute Gasteiger partial charge is 0.494 e. The lowest BCUT2D eigenvalue weighted by atomic mass is 10.2. The molecule has 0 saturated carbocycles. The second kappa shape index (κ2) is 10.9. The number of carbonyl (C=O) groups excluding carboxylic acids is 1. The quantitative estimate of drug-likeness (QED) is 0.239. The molecule has 0 amide bonds. The van der Waals surface area contributed by atoms with E-state index in [1.807, 2.05) is 48.7 Å². The van der Waals surface area contributed by atoms with E-state index in [1.54, 1.807) is 26.0 Å². The van der Waals surface area contributed by atoms with Gasteiger partial charge in [-0.15, -0.1) is 10.2 Å². The lowest BCUT2D eigenvalue weighted by Gasteiger charge is -2.16. The van der Waals surface area contributed by atoms with Gasteiger partial charge in [0.05, 0.1) is 20.8 Å². The number of methoxy groups -OCH3 is 2. The molecule has 2 heterocycles. The molecule has 1 aromatic carbocycles. The first-order valence-corrected chi connectivity index (χ1v) is 11.1. The number of thioether (sulfide) groups is 1. The van der Waals surface area contributed by atoms with Crippen molar-refractivity contribution in [2.75, 3.05) is 26.6 Å². The molecule has 2 aromatic heterocycles. The van der Waals surface area contributed by atoms with Gasteiger partial charge in [0.15, 0.2) is 10.9 Å². The standard InChI is InChI=1S/C22H27N3O5S/c1-5-29-19(26)11-6-7-14-31-22-24-23-21(18-13-12-15(2)30-18)25(22)20-16(27-3)9-8-10-17(20)28-4/h8-10,12-13H,5-7,11,14H2,1-4H3. The number of furan rings is 1. The Bertz CT molecular complexity index is 992. The molecule has 0 unspecified atom stereocenters. The number of aryl methyl sites for hydroxylation is 1. The Hall–Kier alpha value is -2.94. The molecule has 3 rings (SSSR count). The molecule has 0 aliphatic carbocycles. The molecule has 0 saturated heterocycles. The Morgan fingerprint density at radius 2 is 1.84 bits per heavy atom. The Morgan fingerprint density at radius 3 is 2.45 bits per heavy atom. The third-order valence-electron chi connectivity index (χ3n) is 4.53. The number of benzene rings is 1. The Morgan fingerprint density at radius 1 is 1.10 bits per heavy atom. The van der Waals surface area contributed by atoms with Gasteiger partial charge in [-0.25, -0.2) is 0 Å². The predicted octanol–water partition coefficient (Wildman–Crippen LogP) is 4.68. The maximum Gasteiger partial charge on any atom is 0.305 e. The van der Waals surface area contributed by atoms with Crippen molar-refractivity contribution >= 4 is 17.7 Å². The number of esters is 1. The highest BCUT2D eigenvalue weighted by atomic mass is 32.2. The number of hydrogen-bond acceptors (Lipinski definition) is 8. The van der Waals surface area contributed by atoms with Crippen LogP contribution in [0.1, 0.15) is 31.9 Å². The minimum absolute atomic E-state index is 0.162. The average Bonchev–Trinajstić information content (AvgIpc) is 3.38. The summed E-state index contributed by atoms with van der Waals surface area (Å²) in [5.74, 6) is 3.82. The van der Waals surface area contributed by atoms with Crippen LogP contribution in [0.2, 0.25) is 0 Å². The zero-order valence-electron chi connectivity index (χ0n) is 18.2. The van der Waals surface area contributed by atoms with Gasteiger partial charge in [0.25, 0.3) is 0 Å². The third kappa shape index (κ3) is 5.41. The molecule has 0 N–H and O–H groups in total. The van der Waals surface area contributed by atoms with Crippen LogP contribution in [0.15, 0.2) is 39.9 Å². The fourth-order valence-corrected chi connectivity index (χ4v) is 4.04. The van der Waals surface area contributed by atoms with Gasteiger partial charge >= 0.3 is 5.97 Å². The van der Waals surface area contributed by atoms with E-state index in [0.29, 0.717) is 47.0 Å². The molecule has 0 atom stereocenters. The van der Waals surface area contributed by atoms with Crippen LogP contribution in [-0.2, 0) is 9.53 Å². The number of nitrogens with zero attached hydrogens (tertiary/aromatic N) is 3. The van der Waals surface area contributed by atoms with Crippen molar-refractivity contribution in [3.8, 4) is 28.8 Å². The molecule has 8 nitrogen and oxygen atoms in total. The van der Waals surface area contributed by atoms with Crippen LogP contribution in [-0.4, -0.2) is 47.3 Å². The normalized spacial score (nSPS) is 10.8. The van der Waals surface area contributed by atoms with Crippen LogP contribution in [0.3, 0.4) is 0 Å². The summed E-state index contributed by atoms with van der Waals surface area (Å²) in [5.41, 5.74) is 0.704. The van der Waals surface area contributed by atoms with E-state index < -0.39 is 0 Å². The molecule has 3 aromatic rings. The van der Waals surface area contributed by atoms with Crippen molar-refractivity contribution in [3.63, 3.8) is 0 Å². The van der Waals surface area contributed by atoms with Crippen molar-refractivity contribution in [3.05, 3.63) is 36.1 Å². The summed E-state index contributed by atoms with van der Waals surface area (Å²) in [6.07, 6.45) is 2.01. The SMILES string of the molecule is CCOC(=O)CCCCSc1nnc(-c2ccc(C)o2)n1-c1c(OC)cccc1OC. The number of carbonyl (C=O) groups is 1. The van der Waals surface area contributed by atoms with Gasteiger partial charge in [0, 0.05) is 12.2 Å². The van der Waals surface area contributed by atoms with Gasteiger partial charge in [-0.2, -0.15) is 0 Å². The van der Waals surface area contributed by atoms with E-state index >= 15 is 0 Å². The highest BCUT2D eigenvalue weighted by molar-refractivity contribution is 7.99.